The van der Waals surface area contributed by atoms with Crippen LogP contribution < -0.4 is 0 Å². The third-order valence-electron chi connectivity index (χ3n) is 8.82. The molecule has 0 aromatic heterocycles. The van der Waals surface area contributed by atoms with E-state index in [1.807, 2.05) is 20.8 Å². The van der Waals surface area contributed by atoms with E-state index in [4.69, 9.17) is 0 Å². The minimum atomic E-state index is -0.546. The first-order valence-corrected chi connectivity index (χ1v) is 12.5. The van der Waals surface area contributed by atoms with Gasteiger partial charge in [-0.2, -0.15) is 0 Å². The van der Waals surface area contributed by atoms with Crippen molar-refractivity contribution in [2.45, 2.75) is 123 Å². The molecule has 0 spiro atoms. The van der Waals surface area contributed by atoms with Gasteiger partial charge in [0, 0.05) is 6.42 Å². The second kappa shape index (κ2) is 9.46. The average molecular weight is 419 g/mol. The van der Waals surface area contributed by atoms with Gasteiger partial charge in [-0.25, -0.2) is 0 Å². The summed E-state index contributed by atoms with van der Waals surface area (Å²) in [5, 5.41) is 30.3. The van der Waals surface area contributed by atoms with Gasteiger partial charge in [0.1, 0.15) is 0 Å². The Labute approximate surface area is 184 Å². The van der Waals surface area contributed by atoms with E-state index in [0.29, 0.717) is 17.8 Å². The maximum absolute atomic E-state index is 10.2. The van der Waals surface area contributed by atoms with E-state index >= 15 is 0 Å². The highest BCUT2D eigenvalue weighted by Gasteiger charge is 2.50. The summed E-state index contributed by atoms with van der Waals surface area (Å²) < 4.78 is 0. The van der Waals surface area contributed by atoms with Crippen molar-refractivity contribution in [2.75, 3.05) is 0 Å². The molecule has 6 atom stereocenters. The van der Waals surface area contributed by atoms with Gasteiger partial charge in [-0.05, 0) is 101 Å². The van der Waals surface area contributed by atoms with Crippen LogP contribution in [0.3, 0.4) is 0 Å². The average Bonchev–Trinajstić information content (AvgIpc) is 3.00. The zero-order valence-electron chi connectivity index (χ0n) is 20.1. The van der Waals surface area contributed by atoms with Crippen LogP contribution in [0.15, 0.2) is 22.8 Å². The Balaban J connectivity index is 1.67. The molecule has 0 aliphatic heterocycles. The molecule has 3 aliphatic carbocycles. The van der Waals surface area contributed by atoms with Crippen LogP contribution in [-0.4, -0.2) is 33.1 Å². The van der Waals surface area contributed by atoms with Gasteiger partial charge < -0.3 is 15.3 Å². The number of hydrogen-bond acceptors (Lipinski definition) is 3. The lowest BCUT2D eigenvalue weighted by Crippen LogP contribution is -2.36. The molecule has 3 nitrogen and oxygen atoms in total. The quantitative estimate of drug-likeness (QED) is 0.449. The summed E-state index contributed by atoms with van der Waals surface area (Å²) in [5.41, 5.74) is 3.84. The molecule has 0 amide bonds. The van der Waals surface area contributed by atoms with Crippen LogP contribution in [0.25, 0.3) is 0 Å². The van der Waals surface area contributed by atoms with Gasteiger partial charge in [0.15, 0.2) is 0 Å². The molecule has 3 N–H and O–H groups in total. The summed E-state index contributed by atoms with van der Waals surface area (Å²) in [5.74, 6) is 2.20. The zero-order valence-corrected chi connectivity index (χ0v) is 20.1. The molecule has 0 saturated heterocycles. The Kier molecular flexibility index (Phi) is 7.58. The van der Waals surface area contributed by atoms with Crippen LogP contribution in [-0.2, 0) is 0 Å². The van der Waals surface area contributed by atoms with Crippen LogP contribution in [0.4, 0.5) is 0 Å². The number of hydrogen-bond donors (Lipinski definition) is 3. The molecule has 30 heavy (non-hydrogen) atoms. The molecule has 0 aromatic carbocycles. The SMILES string of the molecule is CC1=C(C/C=C2\CCC[C@]3(C)[C@@H]([C@H](C)CCCC(C)(C)O)CC[C@@H]23)C[C@@H](O)C[C@@H]1O. The Bertz CT molecular complexity index is 656. The van der Waals surface area contributed by atoms with E-state index in [-0.39, 0.29) is 0 Å². The lowest BCUT2D eigenvalue weighted by atomic mass is 9.60. The third kappa shape index (κ3) is 5.40. The highest BCUT2D eigenvalue weighted by molar-refractivity contribution is 5.26. The van der Waals surface area contributed by atoms with Crippen molar-refractivity contribution in [3.8, 4) is 0 Å². The van der Waals surface area contributed by atoms with Crippen molar-refractivity contribution in [3.63, 3.8) is 0 Å². The van der Waals surface area contributed by atoms with E-state index in [1.54, 1.807) is 5.57 Å². The Morgan fingerprint density at radius 1 is 1.23 bits per heavy atom. The predicted octanol–water partition coefficient (Wildman–Crippen LogP) is 5.93. The minimum Gasteiger partial charge on any atom is -0.393 e. The zero-order chi connectivity index (χ0) is 22.1. The van der Waals surface area contributed by atoms with Gasteiger partial charge >= 0.3 is 0 Å². The van der Waals surface area contributed by atoms with Crippen molar-refractivity contribution >= 4 is 0 Å². The summed E-state index contributed by atoms with van der Waals surface area (Å²) >= 11 is 0. The molecule has 0 aromatic rings. The summed E-state index contributed by atoms with van der Waals surface area (Å²) in [6.07, 6.45) is 13.4. The molecule has 3 heteroatoms. The highest BCUT2D eigenvalue weighted by Crippen LogP contribution is 2.60. The molecular formula is C27H46O3. The summed E-state index contributed by atoms with van der Waals surface area (Å²) in [6, 6.07) is 0. The number of rotatable bonds is 7. The first kappa shape index (κ1) is 24.0. The number of allylic oxidation sites excluding steroid dienone is 2. The lowest BCUT2D eigenvalue weighted by molar-refractivity contribution is 0.0596. The van der Waals surface area contributed by atoms with Crippen molar-refractivity contribution in [1.82, 2.24) is 0 Å². The van der Waals surface area contributed by atoms with Crippen LogP contribution in [0, 0.1) is 23.2 Å². The fourth-order valence-electron chi connectivity index (χ4n) is 7.01. The summed E-state index contributed by atoms with van der Waals surface area (Å²) in [4.78, 5) is 0. The van der Waals surface area contributed by atoms with Gasteiger partial charge in [-0.3, -0.25) is 0 Å². The minimum absolute atomic E-state index is 0.394. The largest absolute Gasteiger partial charge is 0.393 e. The standard InChI is InChI=1S/C27H46O3/c1-18(8-6-14-26(3,4)30)23-12-13-24-20(9-7-15-27(23,24)5)10-11-21-16-22(28)17-25(29)19(21)2/h10,18,22-25,28-30H,6-9,11-17H2,1-5H3/b20-10+/t18-,22-,23-,24+,25+,27-/m1/s1. The number of fused-ring (bicyclic) bond motifs is 1. The van der Waals surface area contributed by atoms with Gasteiger partial charge in [0.05, 0.1) is 17.8 Å². The monoisotopic (exact) mass is 418 g/mol. The molecule has 2 saturated carbocycles. The van der Waals surface area contributed by atoms with Crippen molar-refractivity contribution in [1.29, 1.82) is 0 Å². The normalized spacial score (nSPS) is 37.5. The molecule has 0 bridgehead atoms. The molecular weight excluding hydrogens is 372 g/mol. The van der Waals surface area contributed by atoms with E-state index in [0.717, 1.165) is 43.1 Å². The van der Waals surface area contributed by atoms with Crippen molar-refractivity contribution in [3.05, 3.63) is 22.8 Å². The van der Waals surface area contributed by atoms with E-state index < -0.39 is 17.8 Å². The van der Waals surface area contributed by atoms with Gasteiger partial charge in [-0.1, -0.05) is 43.9 Å². The lowest BCUT2D eigenvalue weighted by Gasteiger charge is -2.44. The molecule has 0 heterocycles. The fraction of sp³-hybridized carbons (Fsp3) is 0.852. The Morgan fingerprint density at radius 2 is 1.97 bits per heavy atom. The summed E-state index contributed by atoms with van der Waals surface area (Å²) in [7, 11) is 0. The van der Waals surface area contributed by atoms with Crippen LogP contribution in [0.5, 0.6) is 0 Å². The Morgan fingerprint density at radius 3 is 2.67 bits per heavy atom. The smallest absolute Gasteiger partial charge is 0.0774 e. The molecule has 3 rings (SSSR count). The fourth-order valence-corrected chi connectivity index (χ4v) is 7.01. The molecule has 172 valence electrons. The Hall–Kier alpha value is -0.640. The molecule has 3 aliphatic rings. The third-order valence-corrected chi connectivity index (χ3v) is 8.82. The van der Waals surface area contributed by atoms with Gasteiger partial charge in [-0.15, -0.1) is 0 Å². The maximum Gasteiger partial charge on any atom is 0.0774 e. The van der Waals surface area contributed by atoms with Gasteiger partial charge in [0.25, 0.3) is 0 Å². The molecule has 2 fully saturated rings. The first-order chi connectivity index (χ1) is 14.0. The van der Waals surface area contributed by atoms with Gasteiger partial charge in [0.2, 0.25) is 0 Å². The van der Waals surface area contributed by atoms with Crippen molar-refractivity contribution < 1.29 is 15.3 Å². The highest BCUT2D eigenvalue weighted by atomic mass is 16.3. The van der Waals surface area contributed by atoms with E-state index in [9.17, 15) is 15.3 Å². The van der Waals surface area contributed by atoms with Crippen LogP contribution >= 0.6 is 0 Å². The summed E-state index contributed by atoms with van der Waals surface area (Å²) in [6.45, 7) is 10.9. The van der Waals surface area contributed by atoms with Crippen LogP contribution in [0.1, 0.15) is 105 Å². The second-order valence-electron chi connectivity index (χ2n) is 11.7. The number of aliphatic hydroxyl groups excluding tert-OH is 2. The predicted molar refractivity (Wildman–Crippen MR) is 124 cm³/mol. The maximum atomic E-state index is 10.2. The molecule has 0 unspecified atom stereocenters. The van der Waals surface area contributed by atoms with Crippen LogP contribution in [0.2, 0.25) is 0 Å². The number of aliphatic hydroxyl groups is 3. The second-order valence-corrected chi connectivity index (χ2v) is 11.7. The molecule has 0 radical (unpaired) electrons. The topological polar surface area (TPSA) is 60.7 Å². The van der Waals surface area contributed by atoms with Crippen molar-refractivity contribution in [2.24, 2.45) is 23.2 Å². The first-order valence-electron chi connectivity index (χ1n) is 12.5. The van der Waals surface area contributed by atoms with E-state index in [1.165, 1.54) is 44.1 Å². The van der Waals surface area contributed by atoms with E-state index in [2.05, 4.69) is 19.9 Å².